The standard InChI is InChI=1S/C33H32N6O2S/c1-22(2)29(17-28-19-35-21-39(28)20-24-8-6-23(18-34)7-9-24)32(40)38-27-10-11-30-25(15-27)16-31(42-30)33(41)37-14-12-26-5-3-4-13-36-26/h3-11,13,15-16,19,21-22,29H,12,14,17,20H2,1-2H3,(H,37,41)(H,38,40). The van der Waals surface area contributed by atoms with Gasteiger partial charge in [0, 0.05) is 66.0 Å². The normalized spacial score (nSPS) is 11.8. The van der Waals surface area contributed by atoms with Crippen LogP contribution in [0, 0.1) is 23.2 Å². The largest absolute Gasteiger partial charge is 0.351 e. The average Bonchev–Trinajstić information content (AvgIpc) is 3.63. The molecule has 8 nitrogen and oxygen atoms in total. The van der Waals surface area contributed by atoms with Gasteiger partial charge in [0.05, 0.1) is 22.8 Å². The molecule has 2 amide bonds. The second-order valence-corrected chi connectivity index (χ2v) is 11.6. The first-order valence-corrected chi connectivity index (χ1v) is 14.7. The lowest BCUT2D eigenvalue weighted by molar-refractivity contribution is -0.121. The highest BCUT2D eigenvalue weighted by molar-refractivity contribution is 7.20. The van der Waals surface area contributed by atoms with Crippen LogP contribution < -0.4 is 10.6 Å². The fourth-order valence-electron chi connectivity index (χ4n) is 4.80. The van der Waals surface area contributed by atoms with E-state index in [0.717, 1.165) is 27.0 Å². The Bertz CT molecular complexity index is 1720. The molecule has 0 fully saturated rings. The topological polar surface area (TPSA) is 113 Å². The van der Waals surface area contributed by atoms with Crippen molar-refractivity contribution in [2.45, 2.75) is 33.2 Å². The average molecular weight is 577 g/mol. The number of rotatable bonds is 11. The van der Waals surface area contributed by atoms with Crippen LogP contribution in [0.3, 0.4) is 0 Å². The van der Waals surface area contributed by atoms with Crippen LogP contribution in [0.2, 0.25) is 0 Å². The molecule has 212 valence electrons. The number of imidazole rings is 1. The summed E-state index contributed by atoms with van der Waals surface area (Å²) < 4.78 is 3.03. The zero-order valence-corrected chi connectivity index (χ0v) is 24.4. The van der Waals surface area contributed by atoms with Crippen molar-refractivity contribution in [1.82, 2.24) is 19.9 Å². The van der Waals surface area contributed by atoms with Crippen LogP contribution in [0.25, 0.3) is 10.1 Å². The number of hydrogen-bond acceptors (Lipinski definition) is 6. The fraction of sp³-hybridized carbons (Fsp3) is 0.242. The molecule has 1 atom stereocenters. The number of carbonyl (C=O) groups excluding carboxylic acids is 2. The minimum absolute atomic E-state index is 0.0572. The highest BCUT2D eigenvalue weighted by Gasteiger charge is 2.24. The van der Waals surface area contributed by atoms with Gasteiger partial charge in [0.1, 0.15) is 0 Å². The lowest BCUT2D eigenvalue weighted by atomic mass is 9.90. The van der Waals surface area contributed by atoms with Crippen molar-refractivity contribution in [2.75, 3.05) is 11.9 Å². The first kappa shape index (κ1) is 28.7. The number of pyridine rings is 1. The molecule has 9 heteroatoms. The summed E-state index contributed by atoms with van der Waals surface area (Å²) in [5.41, 5.74) is 4.29. The highest BCUT2D eigenvalue weighted by Crippen LogP contribution is 2.29. The maximum absolute atomic E-state index is 13.5. The van der Waals surface area contributed by atoms with E-state index in [9.17, 15) is 9.59 Å². The lowest BCUT2D eigenvalue weighted by Crippen LogP contribution is -2.29. The van der Waals surface area contributed by atoms with E-state index in [0.29, 0.717) is 42.1 Å². The molecule has 3 aromatic heterocycles. The third-order valence-corrected chi connectivity index (χ3v) is 8.32. The van der Waals surface area contributed by atoms with Crippen LogP contribution in [0.1, 0.15) is 46.0 Å². The summed E-state index contributed by atoms with van der Waals surface area (Å²) in [5, 5.41) is 16.0. The minimum atomic E-state index is -0.264. The van der Waals surface area contributed by atoms with Crippen molar-refractivity contribution in [3.05, 3.63) is 113 Å². The molecule has 0 spiro atoms. The smallest absolute Gasteiger partial charge is 0.261 e. The van der Waals surface area contributed by atoms with Crippen molar-refractivity contribution in [3.63, 3.8) is 0 Å². The molecule has 0 saturated heterocycles. The molecule has 5 aromatic rings. The number of anilines is 1. The van der Waals surface area contributed by atoms with Gasteiger partial charge in [-0.3, -0.25) is 14.6 Å². The summed E-state index contributed by atoms with van der Waals surface area (Å²) in [6.45, 7) is 5.22. The van der Waals surface area contributed by atoms with E-state index >= 15 is 0 Å². The van der Waals surface area contributed by atoms with Gasteiger partial charge < -0.3 is 15.2 Å². The predicted octanol–water partition coefficient (Wildman–Crippen LogP) is 5.84. The van der Waals surface area contributed by atoms with Crippen LogP contribution in [0.4, 0.5) is 5.69 Å². The van der Waals surface area contributed by atoms with E-state index in [1.807, 2.05) is 79.2 Å². The molecule has 0 bridgehead atoms. The Morgan fingerprint density at radius 2 is 1.90 bits per heavy atom. The molecule has 3 heterocycles. The van der Waals surface area contributed by atoms with Crippen LogP contribution in [0.15, 0.2) is 85.5 Å². The molecule has 2 aromatic carbocycles. The zero-order valence-electron chi connectivity index (χ0n) is 23.6. The van der Waals surface area contributed by atoms with Gasteiger partial charge >= 0.3 is 0 Å². The molecule has 0 saturated carbocycles. The molecule has 1 unspecified atom stereocenters. The Morgan fingerprint density at radius 3 is 2.64 bits per heavy atom. The summed E-state index contributed by atoms with van der Waals surface area (Å²) in [6.07, 6.45) is 6.55. The van der Waals surface area contributed by atoms with E-state index in [1.165, 1.54) is 11.3 Å². The summed E-state index contributed by atoms with van der Waals surface area (Å²) in [7, 11) is 0. The van der Waals surface area contributed by atoms with Crippen molar-refractivity contribution < 1.29 is 9.59 Å². The number of carbonyl (C=O) groups is 2. The number of fused-ring (bicyclic) bond motifs is 1. The van der Waals surface area contributed by atoms with Crippen LogP contribution in [-0.4, -0.2) is 32.9 Å². The first-order chi connectivity index (χ1) is 20.4. The fourth-order valence-corrected chi connectivity index (χ4v) is 5.76. The van der Waals surface area contributed by atoms with Crippen LogP contribution in [0.5, 0.6) is 0 Å². The molecular formula is C33H32N6O2S. The highest BCUT2D eigenvalue weighted by atomic mass is 32.1. The van der Waals surface area contributed by atoms with E-state index < -0.39 is 0 Å². The van der Waals surface area contributed by atoms with Gasteiger partial charge in [-0.15, -0.1) is 11.3 Å². The van der Waals surface area contributed by atoms with Gasteiger partial charge in [0.25, 0.3) is 5.91 Å². The summed E-state index contributed by atoms with van der Waals surface area (Å²) >= 11 is 1.43. The molecule has 0 aliphatic carbocycles. The Hall–Kier alpha value is -4.81. The number of aromatic nitrogens is 3. The maximum Gasteiger partial charge on any atom is 0.261 e. The number of hydrogen-bond donors (Lipinski definition) is 2. The summed E-state index contributed by atoms with van der Waals surface area (Å²) in [4.78, 5) is 35.5. The Labute approximate surface area is 249 Å². The van der Waals surface area contributed by atoms with Crippen molar-refractivity contribution in [2.24, 2.45) is 11.8 Å². The third-order valence-electron chi connectivity index (χ3n) is 7.21. The van der Waals surface area contributed by atoms with E-state index in [-0.39, 0.29) is 23.7 Å². The van der Waals surface area contributed by atoms with Gasteiger partial charge in [0.2, 0.25) is 5.91 Å². The molecule has 0 aliphatic heterocycles. The Balaban J connectivity index is 1.22. The predicted molar refractivity (Wildman–Crippen MR) is 165 cm³/mol. The second-order valence-electron chi connectivity index (χ2n) is 10.6. The van der Waals surface area contributed by atoms with Crippen LogP contribution >= 0.6 is 11.3 Å². The second kappa shape index (κ2) is 13.2. The first-order valence-electron chi connectivity index (χ1n) is 13.9. The van der Waals surface area contributed by atoms with Crippen molar-refractivity contribution >= 4 is 38.9 Å². The number of amides is 2. The Kier molecular flexibility index (Phi) is 9.05. The summed E-state index contributed by atoms with van der Waals surface area (Å²) in [5.74, 6) is -0.331. The number of nitriles is 1. The quantitative estimate of drug-likeness (QED) is 0.205. The number of nitrogens with one attached hydrogen (secondary N) is 2. The van der Waals surface area contributed by atoms with Gasteiger partial charge in [-0.25, -0.2) is 4.98 Å². The lowest BCUT2D eigenvalue weighted by Gasteiger charge is -2.21. The molecule has 5 rings (SSSR count). The number of nitrogens with zero attached hydrogens (tertiary/aromatic N) is 4. The van der Waals surface area contributed by atoms with E-state index in [4.69, 9.17) is 5.26 Å². The van der Waals surface area contributed by atoms with Gasteiger partial charge in [-0.05, 0) is 65.4 Å². The Morgan fingerprint density at radius 1 is 1.07 bits per heavy atom. The maximum atomic E-state index is 13.5. The monoisotopic (exact) mass is 576 g/mol. The molecular weight excluding hydrogens is 544 g/mol. The molecule has 42 heavy (non-hydrogen) atoms. The molecule has 0 radical (unpaired) electrons. The van der Waals surface area contributed by atoms with Gasteiger partial charge in [-0.1, -0.05) is 32.0 Å². The van der Waals surface area contributed by atoms with Crippen molar-refractivity contribution in [1.29, 1.82) is 5.26 Å². The minimum Gasteiger partial charge on any atom is -0.351 e. The van der Waals surface area contributed by atoms with Gasteiger partial charge in [0.15, 0.2) is 0 Å². The zero-order chi connectivity index (χ0) is 29.5. The van der Waals surface area contributed by atoms with Gasteiger partial charge in [-0.2, -0.15) is 5.26 Å². The summed E-state index contributed by atoms with van der Waals surface area (Å²) in [6, 6.07) is 23.0. The molecule has 0 aliphatic rings. The SMILES string of the molecule is CC(C)C(Cc1cncn1Cc1ccc(C#N)cc1)C(=O)Nc1ccc2sc(C(=O)NCCc3ccccn3)cc2c1. The van der Waals surface area contributed by atoms with E-state index in [2.05, 4.69) is 26.7 Å². The van der Waals surface area contributed by atoms with Crippen molar-refractivity contribution in [3.8, 4) is 6.07 Å². The number of thiophene rings is 1. The van der Waals surface area contributed by atoms with E-state index in [1.54, 1.807) is 24.7 Å². The third kappa shape index (κ3) is 7.09. The number of benzene rings is 2. The molecule has 2 N–H and O–H groups in total. The van der Waals surface area contributed by atoms with Crippen LogP contribution in [-0.2, 0) is 24.2 Å².